The maximum Gasteiger partial charge on any atom is 0.407 e. The molecule has 3 atom stereocenters. The molecule has 4 heteroatoms. The van der Waals surface area contributed by atoms with Crippen LogP contribution in [0.1, 0.15) is 52.9 Å². The van der Waals surface area contributed by atoms with Gasteiger partial charge in [-0.1, -0.05) is 12.8 Å². The third-order valence-electron chi connectivity index (χ3n) is 4.15. The highest BCUT2D eigenvalue weighted by atomic mass is 16.6. The topological polar surface area (TPSA) is 50.4 Å². The lowest BCUT2D eigenvalue weighted by atomic mass is 9.76. The summed E-state index contributed by atoms with van der Waals surface area (Å²) in [7, 11) is 0. The van der Waals surface area contributed by atoms with Gasteiger partial charge < -0.3 is 15.4 Å². The Morgan fingerprint density at radius 1 is 1.32 bits per heavy atom. The minimum absolute atomic E-state index is 0.293. The minimum Gasteiger partial charge on any atom is -0.444 e. The highest BCUT2D eigenvalue weighted by molar-refractivity contribution is 5.67. The molecule has 110 valence electrons. The van der Waals surface area contributed by atoms with Crippen molar-refractivity contribution in [3.63, 3.8) is 0 Å². The molecule has 2 rings (SSSR count). The number of nitrogens with one attached hydrogen (secondary N) is 2. The molecule has 1 aliphatic heterocycles. The second-order valence-corrected chi connectivity index (χ2v) is 7.04. The molecule has 0 aromatic rings. The predicted molar refractivity (Wildman–Crippen MR) is 76.1 cm³/mol. The summed E-state index contributed by atoms with van der Waals surface area (Å²) in [6.07, 6.45) is 6.37. The highest BCUT2D eigenvalue weighted by Gasteiger charge is 2.32. The van der Waals surface area contributed by atoms with Crippen molar-refractivity contribution in [3.05, 3.63) is 0 Å². The van der Waals surface area contributed by atoms with Crippen LogP contribution in [0.15, 0.2) is 0 Å². The van der Waals surface area contributed by atoms with Gasteiger partial charge in [0.1, 0.15) is 5.60 Å². The molecule has 1 aliphatic carbocycles. The van der Waals surface area contributed by atoms with Gasteiger partial charge in [-0.3, -0.25) is 0 Å². The largest absolute Gasteiger partial charge is 0.444 e. The summed E-state index contributed by atoms with van der Waals surface area (Å²) < 4.78 is 5.26. The van der Waals surface area contributed by atoms with Crippen LogP contribution in [0.25, 0.3) is 0 Å². The molecule has 1 heterocycles. The van der Waals surface area contributed by atoms with Crippen LogP contribution in [-0.4, -0.2) is 30.8 Å². The first kappa shape index (κ1) is 14.6. The maximum absolute atomic E-state index is 11.6. The summed E-state index contributed by atoms with van der Waals surface area (Å²) in [6, 6.07) is 0.728. The van der Waals surface area contributed by atoms with Crippen LogP contribution in [0.3, 0.4) is 0 Å². The van der Waals surface area contributed by atoms with Crippen molar-refractivity contribution in [2.45, 2.75) is 64.5 Å². The lowest BCUT2D eigenvalue weighted by Crippen LogP contribution is -2.49. The molecule has 4 nitrogen and oxygen atoms in total. The molecule has 0 aromatic heterocycles. The molecule has 1 saturated carbocycles. The number of alkyl carbamates (subject to hydrolysis) is 1. The smallest absolute Gasteiger partial charge is 0.407 e. The molecule has 1 amide bonds. The second-order valence-electron chi connectivity index (χ2n) is 7.04. The van der Waals surface area contributed by atoms with E-state index in [1.807, 2.05) is 20.8 Å². The predicted octanol–water partition coefficient (Wildman–Crippen LogP) is 2.68. The van der Waals surface area contributed by atoms with Crippen LogP contribution < -0.4 is 10.6 Å². The van der Waals surface area contributed by atoms with Gasteiger partial charge in [-0.2, -0.15) is 0 Å². The van der Waals surface area contributed by atoms with Gasteiger partial charge in [0, 0.05) is 12.6 Å². The summed E-state index contributed by atoms with van der Waals surface area (Å²) in [5, 5.41) is 6.55. The molecule has 0 aromatic carbocycles. The highest BCUT2D eigenvalue weighted by Crippen LogP contribution is 2.32. The molecule has 2 N–H and O–H groups in total. The summed E-state index contributed by atoms with van der Waals surface area (Å²) in [6.45, 7) is 7.42. The number of hydrogen-bond acceptors (Lipinski definition) is 3. The number of piperidine rings is 1. The Bertz CT molecular complexity index is 312. The van der Waals surface area contributed by atoms with E-state index >= 15 is 0 Å². The molecular formula is C15H28N2O2. The fraction of sp³-hybridized carbons (Fsp3) is 0.933. The van der Waals surface area contributed by atoms with Crippen LogP contribution in [0.2, 0.25) is 0 Å². The summed E-state index contributed by atoms with van der Waals surface area (Å²) >= 11 is 0. The van der Waals surface area contributed by atoms with E-state index < -0.39 is 5.60 Å². The van der Waals surface area contributed by atoms with E-state index in [9.17, 15) is 4.79 Å². The Morgan fingerprint density at radius 2 is 2.05 bits per heavy atom. The minimum atomic E-state index is -0.413. The SMILES string of the molecule is CC(C)(C)OC(=O)NC[C@@H]1CN[C@@H]2CCCC[C@H]2C1. The third-order valence-corrected chi connectivity index (χ3v) is 4.15. The van der Waals surface area contributed by atoms with Crippen LogP contribution >= 0.6 is 0 Å². The number of ether oxygens (including phenoxy) is 1. The zero-order chi connectivity index (χ0) is 13.9. The quantitative estimate of drug-likeness (QED) is 0.809. The van der Waals surface area contributed by atoms with Crippen molar-refractivity contribution in [3.8, 4) is 0 Å². The Morgan fingerprint density at radius 3 is 2.79 bits per heavy atom. The van der Waals surface area contributed by atoms with Gasteiger partial charge in [0.05, 0.1) is 0 Å². The van der Waals surface area contributed by atoms with E-state index in [0.717, 1.165) is 25.0 Å². The van der Waals surface area contributed by atoms with Gasteiger partial charge in [0.15, 0.2) is 0 Å². The van der Waals surface area contributed by atoms with E-state index in [4.69, 9.17) is 4.74 Å². The summed E-state index contributed by atoms with van der Waals surface area (Å²) in [5.41, 5.74) is -0.413. The normalized spacial score (nSPS) is 31.4. The zero-order valence-electron chi connectivity index (χ0n) is 12.5. The van der Waals surface area contributed by atoms with Crippen molar-refractivity contribution in [2.75, 3.05) is 13.1 Å². The van der Waals surface area contributed by atoms with E-state index in [0.29, 0.717) is 5.92 Å². The van der Waals surface area contributed by atoms with Gasteiger partial charge in [0.2, 0.25) is 0 Å². The number of carbonyl (C=O) groups excluding carboxylic acids is 1. The van der Waals surface area contributed by atoms with Gasteiger partial charge in [-0.15, -0.1) is 0 Å². The van der Waals surface area contributed by atoms with E-state index in [1.54, 1.807) is 0 Å². The molecule has 0 spiro atoms. The number of hydrogen-bond donors (Lipinski definition) is 2. The van der Waals surface area contributed by atoms with Crippen LogP contribution in [0.5, 0.6) is 0 Å². The number of fused-ring (bicyclic) bond motifs is 1. The average molecular weight is 268 g/mol. The zero-order valence-corrected chi connectivity index (χ0v) is 12.5. The van der Waals surface area contributed by atoms with Gasteiger partial charge >= 0.3 is 6.09 Å². The van der Waals surface area contributed by atoms with Crippen molar-refractivity contribution < 1.29 is 9.53 Å². The first-order chi connectivity index (χ1) is 8.94. The van der Waals surface area contributed by atoms with Crippen molar-refractivity contribution >= 4 is 6.09 Å². The lowest BCUT2D eigenvalue weighted by Gasteiger charge is -2.40. The molecule has 19 heavy (non-hydrogen) atoms. The lowest BCUT2D eigenvalue weighted by molar-refractivity contribution is 0.0508. The monoisotopic (exact) mass is 268 g/mol. The first-order valence-corrected chi connectivity index (χ1v) is 7.64. The van der Waals surface area contributed by atoms with Gasteiger partial charge in [0.25, 0.3) is 0 Å². The molecule has 0 radical (unpaired) electrons. The Labute approximate surface area is 116 Å². The molecule has 2 fully saturated rings. The van der Waals surface area contributed by atoms with Crippen LogP contribution in [0, 0.1) is 11.8 Å². The number of amides is 1. The van der Waals surface area contributed by atoms with Gasteiger partial charge in [-0.25, -0.2) is 4.79 Å². The molecule has 1 saturated heterocycles. The summed E-state index contributed by atoms with van der Waals surface area (Å²) in [4.78, 5) is 11.6. The molecule has 2 aliphatic rings. The Hall–Kier alpha value is -0.770. The van der Waals surface area contributed by atoms with E-state index in [2.05, 4.69) is 10.6 Å². The fourth-order valence-electron chi connectivity index (χ4n) is 3.29. The van der Waals surface area contributed by atoms with Crippen molar-refractivity contribution in [1.29, 1.82) is 0 Å². The Kier molecular flexibility index (Phi) is 4.71. The fourth-order valence-corrected chi connectivity index (χ4v) is 3.29. The Balaban J connectivity index is 1.70. The number of rotatable bonds is 2. The summed E-state index contributed by atoms with van der Waals surface area (Å²) in [5.74, 6) is 1.36. The van der Waals surface area contributed by atoms with Crippen LogP contribution in [0.4, 0.5) is 4.79 Å². The second kappa shape index (κ2) is 6.12. The average Bonchev–Trinajstić information content (AvgIpc) is 2.34. The van der Waals surface area contributed by atoms with Crippen molar-refractivity contribution in [2.24, 2.45) is 11.8 Å². The maximum atomic E-state index is 11.6. The third kappa shape index (κ3) is 4.68. The first-order valence-electron chi connectivity index (χ1n) is 7.64. The van der Waals surface area contributed by atoms with Crippen LogP contribution in [-0.2, 0) is 4.74 Å². The number of carbonyl (C=O) groups is 1. The molecule has 0 unspecified atom stereocenters. The van der Waals surface area contributed by atoms with Crippen molar-refractivity contribution in [1.82, 2.24) is 10.6 Å². The molecular weight excluding hydrogens is 240 g/mol. The van der Waals surface area contributed by atoms with E-state index in [1.165, 1.54) is 32.1 Å². The standard InChI is InChI=1S/C15H28N2O2/c1-15(2,3)19-14(18)17-10-11-8-12-6-4-5-7-13(12)16-9-11/h11-13,16H,4-10H2,1-3H3,(H,17,18)/t11-,12-,13+/m0/s1. The molecule has 0 bridgehead atoms. The van der Waals surface area contributed by atoms with Gasteiger partial charge in [-0.05, 0) is 58.4 Å². The van der Waals surface area contributed by atoms with E-state index in [-0.39, 0.29) is 6.09 Å².